The monoisotopic (exact) mass is 475 g/mol. The van der Waals surface area contributed by atoms with Gasteiger partial charge in [-0.1, -0.05) is 11.6 Å². The number of sulfonamides is 1. The second-order valence-corrected chi connectivity index (χ2v) is 12.7. The summed E-state index contributed by atoms with van der Waals surface area (Å²) < 4.78 is 50.9. The number of rotatable bonds is 4. The van der Waals surface area contributed by atoms with E-state index in [2.05, 4.69) is 4.90 Å². The highest BCUT2D eigenvalue weighted by Crippen LogP contribution is 2.28. The predicted molar refractivity (Wildman–Crippen MR) is 114 cm³/mol. The second-order valence-electron chi connectivity index (χ2n) is 8.15. The maximum atomic E-state index is 13.2. The maximum Gasteiger partial charge on any atom is 0.243 e. The molecule has 1 amide bonds. The first kappa shape index (κ1) is 22.0. The molecule has 0 spiro atoms. The molecule has 1 aromatic rings. The number of piperazine rings is 1. The summed E-state index contributed by atoms with van der Waals surface area (Å²) in [5.41, 5.74) is 0. The zero-order valence-corrected chi connectivity index (χ0v) is 19.0. The molecule has 0 bridgehead atoms. The van der Waals surface area contributed by atoms with Crippen LogP contribution in [0.1, 0.15) is 19.3 Å². The van der Waals surface area contributed by atoms with Gasteiger partial charge in [0.25, 0.3) is 0 Å². The predicted octanol–water partition coefficient (Wildman–Crippen LogP) is 0.824. The smallest absolute Gasteiger partial charge is 0.243 e. The average molecular weight is 476 g/mol. The van der Waals surface area contributed by atoms with Gasteiger partial charge in [-0.05, 0) is 43.5 Å². The van der Waals surface area contributed by atoms with Crippen LogP contribution in [0.25, 0.3) is 0 Å². The van der Waals surface area contributed by atoms with Crippen LogP contribution in [0.4, 0.5) is 0 Å². The summed E-state index contributed by atoms with van der Waals surface area (Å²) in [4.78, 5) is 17.2. The van der Waals surface area contributed by atoms with Crippen molar-refractivity contribution >= 4 is 37.4 Å². The summed E-state index contributed by atoms with van der Waals surface area (Å²) in [6.45, 7) is 2.52. The van der Waals surface area contributed by atoms with Crippen LogP contribution >= 0.6 is 11.6 Å². The summed E-state index contributed by atoms with van der Waals surface area (Å²) in [5.74, 6) is 0.260. The number of benzene rings is 1. The lowest BCUT2D eigenvalue weighted by molar-refractivity contribution is -0.136. The molecule has 3 heterocycles. The van der Waals surface area contributed by atoms with Gasteiger partial charge in [0.05, 0.1) is 16.4 Å². The summed E-state index contributed by atoms with van der Waals surface area (Å²) in [5, 5.41) is 0.455. The van der Waals surface area contributed by atoms with Crippen LogP contribution in [0.2, 0.25) is 5.02 Å². The highest BCUT2D eigenvalue weighted by molar-refractivity contribution is 7.91. The molecular formula is C19H26ClN3O5S2. The molecule has 0 aromatic heterocycles. The molecule has 11 heteroatoms. The van der Waals surface area contributed by atoms with Crippen molar-refractivity contribution in [1.82, 2.24) is 14.1 Å². The van der Waals surface area contributed by atoms with Crippen LogP contribution < -0.4 is 0 Å². The minimum atomic E-state index is -3.78. The van der Waals surface area contributed by atoms with E-state index < -0.39 is 25.9 Å². The fraction of sp³-hybridized carbons (Fsp3) is 0.632. The number of hydrogen-bond acceptors (Lipinski definition) is 6. The molecule has 3 aliphatic rings. The van der Waals surface area contributed by atoms with Crippen molar-refractivity contribution in [3.63, 3.8) is 0 Å². The third-order valence-electron chi connectivity index (χ3n) is 6.26. The molecule has 4 rings (SSSR count). The fourth-order valence-electron chi connectivity index (χ4n) is 4.60. The van der Waals surface area contributed by atoms with Gasteiger partial charge in [-0.2, -0.15) is 4.31 Å². The first-order chi connectivity index (χ1) is 14.2. The summed E-state index contributed by atoms with van der Waals surface area (Å²) in [6, 6.07) is 5.33. The highest BCUT2D eigenvalue weighted by Gasteiger charge is 2.42. The van der Waals surface area contributed by atoms with E-state index in [-0.39, 0.29) is 28.4 Å². The number of sulfone groups is 1. The van der Waals surface area contributed by atoms with Crippen LogP contribution in [0, 0.1) is 0 Å². The normalized spacial score (nSPS) is 28.1. The van der Waals surface area contributed by atoms with Crippen LogP contribution in [-0.2, 0) is 24.7 Å². The Labute approximate surface area is 182 Å². The molecule has 30 heavy (non-hydrogen) atoms. The molecule has 0 aliphatic carbocycles. The van der Waals surface area contributed by atoms with Crippen molar-refractivity contribution in [3.8, 4) is 0 Å². The molecule has 2 atom stereocenters. The number of nitrogens with zero attached hydrogens (tertiary/aromatic N) is 3. The van der Waals surface area contributed by atoms with Gasteiger partial charge in [-0.25, -0.2) is 16.8 Å². The number of carbonyl (C=O) groups excluding carboxylic acids is 1. The molecule has 166 valence electrons. The Morgan fingerprint density at radius 1 is 1.00 bits per heavy atom. The van der Waals surface area contributed by atoms with Crippen LogP contribution in [0.15, 0.2) is 29.2 Å². The van der Waals surface area contributed by atoms with E-state index >= 15 is 0 Å². The van der Waals surface area contributed by atoms with E-state index in [1.54, 1.807) is 4.90 Å². The molecule has 3 aliphatic heterocycles. The standard InChI is InChI=1S/C19H26ClN3O5S2/c20-15-3-5-17(6-4-15)30(27,28)23-8-1-2-18(23)19(24)22-11-9-21(10-12-22)16-7-13-29(25,26)14-16/h3-6,16,18H,1-2,7-14H2. The molecule has 8 nitrogen and oxygen atoms in total. The van der Waals surface area contributed by atoms with Crippen molar-refractivity contribution in [2.45, 2.75) is 36.2 Å². The lowest BCUT2D eigenvalue weighted by atomic mass is 10.1. The first-order valence-corrected chi connectivity index (χ1v) is 13.8. The largest absolute Gasteiger partial charge is 0.339 e. The van der Waals surface area contributed by atoms with Gasteiger partial charge in [-0.3, -0.25) is 9.69 Å². The lowest BCUT2D eigenvalue weighted by Crippen LogP contribution is -2.56. The zero-order valence-electron chi connectivity index (χ0n) is 16.6. The van der Waals surface area contributed by atoms with Gasteiger partial charge in [0.15, 0.2) is 9.84 Å². The van der Waals surface area contributed by atoms with Crippen molar-refractivity contribution < 1.29 is 21.6 Å². The van der Waals surface area contributed by atoms with Crippen molar-refractivity contribution in [1.29, 1.82) is 0 Å². The molecule has 0 radical (unpaired) electrons. The van der Waals surface area contributed by atoms with Crippen molar-refractivity contribution in [2.24, 2.45) is 0 Å². The number of carbonyl (C=O) groups is 1. The summed E-state index contributed by atoms with van der Waals surface area (Å²) >= 11 is 5.87. The summed E-state index contributed by atoms with van der Waals surface area (Å²) in [6.07, 6.45) is 1.79. The molecule has 1 aromatic carbocycles. The third-order valence-corrected chi connectivity index (χ3v) is 10.2. The summed E-state index contributed by atoms with van der Waals surface area (Å²) in [7, 11) is -6.72. The topological polar surface area (TPSA) is 95.1 Å². The molecule has 3 fully saturated rings. The van der Waals surface area contributed by atoms with E-state index in [4.69, 9.17) is 11.6 Å². The number of amides is 1. The molecule has 2 unspecified atom stereocenters. The molecular weight excluding hydrogens is 450 g/mol. The van der Waals surface area contributed by atoms with E-state index in [9.17, 15) is 21.6 Å². The fourth-order valence-corrected chi connectivity index (χ4v) is 8.14. The van der Waals surface area contributed by atoms with Gasteiger partial charge in [0.1, 0.15) is 6.04 Å². The molecule has 0 N–H and O–H groups in total. The Hall–Kier alpha value is -1.20. The maximum absolute atomic E-state index is 13.2. The van der Waals surface area contributed by atoms with E-state index in [1.807, 2.05) is 0 Å². The Morgan fingerprint density at radius 2 is 1.67 bits per heavy atom. The van der Waals surface area contributed by atoms with Crippen molar-refractivity contribution in [3.05, 3.63) is 29.3 Å². The SMILES string of the molecule is O=C(C1CCCN1S(=O)(=O)c1ccc(Cl)cc1)N1CCN(C2CCS(=O)(=O)C2)CC1. The average Bonchev–Trinajstić information content (AvgIpc) is 3.35. The molecule has 3 saturated heterocycles. The Bertz CT molecular complexity index is 1010. The number of hydrogen-bond donors (Lipinski definition) is 0. The quantitative estimate of drug-likeness (QED) is 0.640. The van der Waals surface area contributed by atoms with Gasteiger partial charge >= 0.3 is 0 Å². The van der Waals surface area contributed by atoms with Gasteiger partial charge in [-0.15, -0.1) is 0 Å². The Kier molecular flexibility index (Phi) is 6.15. The Morgan fingerprint density at radius 3 is 2.27 bits per heavy atom. The zero-order chi connectivity index (χ0) is 21.5. The van der Waals surface area contributed by atoms with Crippen LogP contribution in [0.5, 0.6) is 0 Å². The van der Waals surface area contributed by atoms with Gasteiger partial charge in [0, 0.05) is 43.8 Å². The van der Waals surface area contributed by atoms with E-state index in [0.29, 0.717) is 57.0 Å². The first-order valence-electron chi connectivity index (χ1n) is 10.2. The van der Waals surface area contributed by atoms with Gasteiger partial charge in [0.2, 0.25) is 15.9 Å². The minimum absolute atomic E-state index is 0.0283. The lowest BCUT2D eigenvalue weighted by Gasteiger charge is -2.39. The highest BCUT2D eigenvalue weighted by atomic mass is 35.5. The second kappa shape index (κ2) is 8.38. The number of halogens is 1. The van der Waals surface area contributed by atoms with E-state index in [0.717, 1.165) is 0 Å². The Balaban J connectivity index is 1.41. The molecule has 0 saturated carbocycles. The van der Waals surface area contributed by atoms with Crippen LogP contribution in [-0.4, -0.2) is 93.2 Å². The van der Waals surface area contributed by atoms with Crippen LogP contribution in [0.3, 0.4) is 0 Å². The minimum Gasteiger partial charge on any atom is -0.339 e. The van der Waals surface area contributed by atoms with Crippen molar-refractivity contribution in [2.75, 3.05) is 44.2 Å². The van der Waals surface area contributed by atoms with Gasteiger partial charge < -0.3 is 4.90 Å². The third kappa shape index (κ3) is 4.38. The van der Waals surface area contributed by atoms with E-state index in [1.165, 1.54) is 28.6 Å².